The van der Waals surface area contributed by atoms with Crippen molar-refractivity contribution in [1.82, 2.24) is 0 Å². The molecule has 0 saturated heterocycles. The summed E-state index contributed by atoms with van der Waals surface area (Å²) in [5.41, 5.74) is 5.92. The first-order chi connectivity index (χ1) is 6.06. The smallest absolute Gasteiger partial charge is 0.308 e. The summed E-state index contributed by atoms with van der Waals surface area (Å²) in [6, 6.07) is -0.140. The highest BCUT2D eigenvalue weighted by Crippen LogP contribution is 2.34. The van der Waals surface area contributed by atoms with E-state index in [-0.39, 0.29) is 12.0 Å². The standard InChI is InChI=1S/C10H19NO2/c1-3-7-4-6(2)5-8(9(7)11)10(12)13/h6-9H,3-5,11H2,1-2H3,(H,12,13). The van der Waals surface area contributed by atoms with Crippen LogP contribution in [0.4, 0.5) is 0 Å². The average molecular weight is 185 g/mol. The fourth-order valence-electron chi connectivity index (χ4n) is 2.39. The minimum atomic E-state index is -0.725. The molecule has 3 N–H and O–H groups in total. The van der Waals surface area contributed by atoms with Crippen molar-refractivity contribution in [2.24, 2.45) is 23.5 Å². The maximum absolute atomic E-state index is 10.9. The molecule has 3 heteroatoms. The molecule has 0 heterocycles. The van der Waals surface area contributed by atoms with Crippen LogP contribution >= 0.6 is 0 Å². The highest BCUT2D eigenvalue weighted by molar-refractivity contribution is 5.71. The van der Waals surface area contributed by atoms with Gasteiger partial charge in [-0.25, -0.2) is 0 Å². The van der Waals surface area contributed by atoms with Crippen molar-refractivity contribution in [2.45, 2.75) is 39.2 Å². The van der Waals surface area contributed by atoms with Gasteiger partial charge in [0.1, 0.15) is 0 Å². The van der Waals surface area contributed by atoms with E-state index in [9.17, 15) is 4.79 Å². The second-order valence-corrected chi connectivity index (χ2v) is 4.27. The molecule has 0 radical (unpaired) electrons. The van der Waals surface area contributed by atoms with Crippen molar-refractivity contribution in [3.8, 4) is 0 Å². The Hall–Kier alpha value is -0.570. The third-order valence-corrected chi connectivity index (χ3v) is 3.21. The van der Waals surface area contributed by atoms with Crippen LogP contribution in [0.3, 0.4) is 0 Å². The number of aliphatic carboxylic acids is 1. The summed E-state index contributed by atoms with van der Waals surface area (Å²) < 4.78 is 0. The van der Waals surface area contributed by atoms with Gasteiger partial charge in [-0.05, 0) is 24.7 Å². The maximum atomic E-state index is 10.9. The molecule has 1 fully saturated rings. The van der Waals surface area contributed by atoms with Crippen LogP contribution in [0, 0.1) is 17.8 Å². The van der Waals surface area contributed by atoms with Crippen LogP contribution in [0.1, 0.15) is 33.1 Å². The van der Waals surface area contributed by atoms with E-state index in [0.29, 0.717) is 11.8 Å². The van der Waals surface area contributed by atoms with Crippen LogP contribution in [-0.4, -0.2) is 17.1 Å². The van der Waals surface area contributed by atoms with Crippen molar-refractivity contribution in [3.63, 3.8) is 0 Å². The zero-order valence-corrected chi connectivity index (χ0v) is 8.36. The molecule has 0 bridgehead atoms. The van der Waals surface area contributed by atoms with Gasteiger partial charge in [0.25, 0.3) is 0 Å². The summed E-state index contributed by atoms with van der Waals surface area (Å²) in [4.78, 5) is 10.9. The number of carboxylic acid groups (broad SMARTS) is 1. The lowest BCUT2D eigenvalue weighted by molar-refractivity contribution is -0.144. The summed E-state index contributed by atoms with van der Waals surface area (Å²) in [6.45, 7) is 4.20. The molecule has 76 valence electrons. The van der Waals surface area contributed by atoms with Crippen LogP contribution < -0.4 is 5.73 Å². The van der Waals surface area contributed by atoms with E-state index in [1.54, 1.807) is 0 Å². The highest BCUT2D eigenvalue weighted by atomic mass is 16.4. The lowest BCUT2D eigenvalue weighted by atomic mass is 9.71. The monoisotopic (exact) mass is 185 g/mol. The van der Waals surface area contributed by atoms with Crippen LogP contribution in [-0.2, 0) is 4.79 Å². The lowest BCUT2D eigenvalue weighted by Gasteiger charge is -2.36. The van der Waals surface area contributed by atoms with Gasteiger partial charge in [0, 0.05) is 6.04 Å². The summed E-state index contributed by atoms with van der Waals surface area (Å²) in [6.07, 6.45) is 2.82. The lowest BCUT2D eigenvalue weighted by Crippen LogP contribution is -2.46. The van der Waals surface area contributed by atoms with Gasteiger partial charge in [-0.1, -0.05) is 20.3 Å². The molecule has 0 aliphatic heterocycles. The Bertz CT molecular complexity index is 193. The molecular weight excluding hydrogens is 166 g/mol. The molecule has 3 nitrogen and oxygen atoms in total. The van der Waals surface area contributed by atoms with Crippen molar-refractivity contribution >= 4 is 5.97 Å². The van der Waals surface area contributed by atoms with Gasteiger partial charge in [0.2, 0.25) is 0 Å². The Morgan fingerprint density at radius 2 is 2.15 bits per heavy atom. The molecule has 1 saturated carbocycles. The molecular formula is C10H19NO2. The minimum Gasteiger partial charge on any atom is -0.481 e. The third kappa shape index (κ3) is 2.21. The number of hydrogen-bond acceptors (Lipinski definition) is 2. The summed E-state index contributed by atoms with van der Waals surface area (Å²) in [5.74, 6) is -0.151. The molecule has 1 aliphatic carbocycles. The predicted octanol–water partition coefficient (Wildman–Crippen LogP) is 1.47. The van der Waals surface area contributed by atoms with Gasteiger partial charge < -0.3 is 10.8 Å². The fraction of sp³-hybridized carbons (Fsp3) is 0.900. The quantitative estimate of drug-likeness (QED) is 0.684. The molecule has 0 aromatic carbocycles. The summed E-state index contributed by atoms with van der Waals surface area (Å²) in [5, 5.41) is 8.96. The second kappa shape index (κ2) is 4.09. The molecule has 1 rings (SSSR count). The highest BCUT2D eigenvalue weighted by Gasteiger charge is 2.36. The molecule has 13 heavy (non-hydrogen) atoms. The number of nitrogens with two attached hydrogens (primary N) is 1. The minimum absolute atomic E-state index is 0.140. The molecule has 4 atom stereocenters. The first-order valence-corrected chi connectivity index (χ1v) is 5.04. The zero-order chi connectivity index (χ0) is 10.0. The van der Waals surface area contributed by atoms with Crippen LogP contribution in [0.5, 0.6) is 0 Å². The summed E-state index contributed by atoms with van der Waals surface area (Å²) in [7, 11) is 0. The van der Waals surface area contributed by atoms with Crippen LogP contribution in [0.15, 0.2) is 0 Å². The number of carbonyl (C=O) groups is 1. The van der Waals surface area contributed by atoms with Crippen molar-refractivity contribution in [2.75, 3.05) is 0 Å². The van der Waals surface area contributed by atoms with E-state index >= 15 is 0 Å². The zero-order valence-electron chi connectivity index (χ0n) is 8.36. The fourth-order valence-corrected chi connectivity index (χ4v) is 2.39. The normalized spacial score (nSPS) is 40.2. The van der Waals surface area contributed by atoms with Gasteiger partial charge in [0.15, 0.2) is 0 Å². The van der Waals surface area contributed by atoms with Crippen LogP contribution in [0.2, 0.25) is 0 Å². The van der Waals surface area contributed by atoms with Crippen molar-refractivity contribution < 1.29 is 9.90 Å². The summed E-state index contributed by atoms with van der Waals surface area (Å²) >= 11 is 0. The molecule has 4 unspecified atom stereocenters. The molecule has 0 spiro atoms. The van der Waals surface area contributed by atoms with E-state index in [1.807, 2.05) is 0 Å². The largest absolute Gasteiger partial charge is 0.481 e. The van der Waals surface area contributed by atoms with Gasteiger partial charge in [0.05, 0.1) is 5.92 Å². The predicted molar refractivity (Wildman–Crippen MR) is 51.3 cm³/mol. The van der Waals surface area contributed by atoms with Crippen molar-refractivity contribution in [3.05, 3.63) is 0 Å². The van der Waals surface area contributed by atoms with Gasteiger partial charge in [-0.2, -0.15) is 0 Å². The second-order valence-electron chi connectivity index (χ2n) is 4.27. The third-order valence-electron chi connectivity index (χ3n) is 3.21. The van der Waals surface area contributed by atoms with E-state index in [4.69, 9.17) is 10.8 Å². The van der Waals surface area contributed by atoms with Crippen LogP contribution in [0.25, 0.3) is 0 Å². The Labute approximate surface area is 79.3 Å². The SMILES string of the molecule is CCC1CC(C)CC(C(=O)O)C1N. The van der Waals surface area contributed by atoms with E-state index in [0.717, 1.165) is 19.3 Å². The molecule has 1 aliphatic rings. The van der Waals surface area contributed by atoms with E-state index in [1.165, 1.54) is 0 Å². The number of hydrogen-bond donors (Lipinski definition) is 2. The van der Waals surface area contributed by atoms with E-state index < -0.39 is 5.97 Å². The van der Waals surface area contributed by atoms with E-state index in [2.05, 4.69) is 13.8 Å². The van der Waals surface area contributed by atoms with Gasteiger partial charge >= 0.3 is 5.97 Å². The van der Waals surface area contributed by atoms with Gasteiger partial charge in [-0.3, -0.25) is 4.79 Å². The Morgan fingerprint density at radius 1 is 1.54 bits per heavy atom. The molecule has 0 amide bonds. The molecule has 0 aromatic heterocycles. The molecule has 0 aromatic rings. The Balaban J connectivity index is 2.68. The topological polar surface area (TPSA) is 63.3 Å². The Kier molecular flexibility index (Phi) is 3.31. The number of rotatable bonds is 2. The maximum Gasteiger partial charge on any atom is 0.308 e. The Morgan fingerprint density at radius 3 is 2.62 bits per heavy atom. The van der Waals surface area contributed by atoms with Gasteiger partial charge in [-0.15, -0.1) is 0 Å². The van der Waals surface area contributed by atoms with Crippen molar-refractivity contribution in [1.29, 1.82) is 0 Å². The average Bonchev–Trinajstić information content (AvgIpc) is 2.08. The first-order valence-electron chi connectivity index (χ1n) is 5.04. The first kappa shape index (κ1) is 10.5. The number of carboxylic acids is 1.